The van der Waals surface area contributed by atoms with E-state index in [0.29, 0.717) is 5.92 Å². The molecule has 1 amide bonds. The van der Waals surface area contributed by atoms with Crippen LogP contribution >= 0.6 is 0 Å². The van der Waals surface area contributed by atoms with Crippen LogP contribution in [0.2, 0.25) is 0 Å². The summed E-state index contributed by atoms with van der Waals surface area (Å²) in [6.45, 7) is 3.73. The topological polar surface area (TPSA) is 90.9 Å². The molecule has 0 spiro atoms. The van der Waals surface area contributed by atoms with Crippen LogP contribution in [0.1, 0.15) is 61.3 Å². The van der Waals surface area contributed by atoms with Gasteiger partial charge in [-0.05, 0) is 86.8 Å². The van der Waals surface area contributed by atoms with Crippen molar-refractivity contribution >= 4 is 18.0 Å². The summed E-state index contributed by atoms with van der Waals surface area (Å²) >= 11 is 0. The Hall–Kier alpha value is -3.00. The summed E-state index contributed by atoms with van der Waals surface area (Å²) in [6, 6.07) is 17.6. The van der Waals surface area contributed by atoms with Crippen molar-refractivity contribution in [3.63, 3.8) is 0 Å². The third kappa shape index (κ3) is 7.75. The maximum atomic E-state index is 13.0. The predicted molar refractivity (Wildman–Crippen MR) is 139 cm³/mol. The molecule has 0 bridgehead atoms. The molecule has 4 rings (SSSR count). The molecule has 192 valence electrons. The number of likely N-dealkylation sites (tertiary alicyclic amines) is 1. The van der Waals surface area contributed by atoms with Crippen molar-refractivity contribution in [2.45, 2.75) is 57.2 Å². The lowest BCUT2D eigenvalue weighted by Gasteiger charge is -2.33. The van der Waals surface area contributed by atoms with Gasteiger partial charge in [-0.25, -0.2) is 10.3 Å². The smallest absolute Gasteiger partial charge is 0.328 e. The van der Waals surface area contributed by atoms with Crippen LogP contribution < -0.4 is 10.8 Å². The molecule has 1 saturated heterocycles. The zero-order valence-corrected chi connectivity index (χ0v) is 20.8. The number of carbonyl (C=O) groups excluding carboxylic acids is 2. The quantitative estimate of drug-likeness (QED) is 0.199. The Kier molecular flexibility index (Phi) is 9.67. The molecule has 2 aliphatic rings. The minimum Gasteiger partial charge on any atom is -0.461 e. The van der Waals surface area contributed by atoms with Gasteiger partial charge in [0.05, 0.1) is 0 Å². The van der Waals surface area contributed by atoms with Crippen molar-refractivity contribution in [2.24, 2.45) is 5.92 Å². The maximum absolute atomic E-state index is 13.0. The van der Waals surface area contributed by atoms with Crippen molar-refractivity contribution in [3.05, 3.63) is 77.4 Å². The average molecular weight is 492 g/mol. The largest absolute Gasteiger partial charge is 0.461 e. The summed E-state index contributed by atoms with van der Waals surface area (Å²) in [4.78, 5) is 26.6. The molecule has 1 heterocycles. The molecule has 0 radical (unpaired) electrons. The molecule has 3 N–H and O–H groups in total. The van der Waals surface area contributed by atoms with Crippen LogP contribution in [0.5, 0.6) is 0 Å². The summed E-state index contributed by atoms with van der Waals surface area (Å²) in [7, 11) is 0. The molecular formula is C29H37N3O4. The molecule has 0 aromatic heterocycles. The van der Waals surface area contributed by atoms with E-state index in [1.807, 2.05) is 42.5 Å². The zero-order valence-electron chi connectivity index (χ0n) is 20.8. The average Bonchev–Trinajstić information content (AvgIpc) is 3.43. The minimum atomic E-state index is -0.544. The summed E-state index contributed by atoms with van der Waals surface area (Å²) in [5.74, 6) is -0.171. The number of nitrogens with zero attached hydrogens (tertiary/aromatic N) is 1. The number of nitrogens with one attached hydrogen (secondary N) is 2. The Morgan fingerprint density at radius 1 is 1.00 bits per heavy atom. The Labute approximate surface area is 213 Å². The van der Waals surface area contributed by atoms with Gasteiger partial charge in [-0.15, -0.1) is 0 Å². The number of benzene rings is 2. The van der Waals surface area contributed by atoms with Crippen molar-refractivity contribution in [3.8, 4) is 0 Å². The van der Waals surface area contributed by atoms with Gasteiger partial charge in [0.15, 0.2) is 0 Å². The molecule has 2 aromatic carbocycles. The SMILES string of the molecule is O=C(/C=C/c1ccc(CN2CCC(CN[C@H](C(=O)OC3CCCC3)c3ccccc3)CC2)cc1)NO. The van der Waals surface area contributed by atoms with E-state index in [1.165, 1.54) is 11.6 Å². The van der Waals surface area contributed by atoms with Gasteiger partial charge in [0.2, 0.25) is 0 Å². The second kappa shape index (κ2) is 13.3. The van der Waals surface area contributed by atoms with Crippen molar-refractivity contribution < 1.29 is 19.5 Å². The fourth-order valence-electron chi connectivity index (χ4n) is 5.06. The molecule has 7 heteroatoms. The number of hydroxylamine groups is 1. The molecule has 36 heavy (non-hydrogen) atoms. The number of piperidine rings is 1. The van der Waals surface area contributed by atoms with Crippen molar-refractivity contribution in [1.29, 1.82) is 0 Å². The Bertz CT molecular complexity index is 995. The van der Waals surface area contributed by atoms with E-state index >= 15 is 0 Å². The van der Waals surface area contributed by atoms with Gasteiger partial charge in [0, 0.05) is 12.6 Å². The Morgan fingerprint density at radius 3 is 2.36 bits per heavy atom. The fraction of sp³-hybridized carbons (Fsp3) is 0.448. The zero-order chi connectivity index (χ0) is 25.2. The second-order valence-electron chi connectivity index (χ2n) is 9.87. The number of hydrogen-bond donors (Lipinski definition) is 3. The number of amides is 1. The molecule has 1 atom stereocenters. The van der Waals surface area contributed by atoms with Crippen LogP contribution in [-0.4, -0.2) is 47.7 Å². The predicted octanol–water partition coefficient (Wildman–Crippen LogP) is 4.23. The van der Waals surface area contributed by atoms with Crippen LogP contribution in [0, 0.1) is 5.92 Å². The molecule has 1 aliphatic carbocycles. The monoisotopic (exact) mass is 491 g/mol. The normalized spacial score (nSPS) is 18.4. The first-order valence-corrected chi connectivity index (χ1v) is 13.0. The highest BCUT2D eigenvalue weighted by atomic mass is 16.5. The van der Waals surface area contributed by atoms with Crippen LogP contribution in [0.15, 0.2) is 60.7 Å². The van der Waals surface area contributed by atoms with Crippen molar-refractivity contribution in [2.75, 3.05) is 19.6 Å². The van der Waals surface area contributed by atoms with Gasteiger partial charge in [-0.3, -0.25) is 14.9 Å². The van der Waals surface area contributed by atoms with Gasteiger partial charge >= 0.3 is 5.97 Å². The standard InChI is InChI=1S/C29H37N3O4/c33-27(31-35)15-14-22-10-12-24(13-11-22)21-32-18-16-23(17-19-32)20-30-28(25-6-2-1-3-7-25)29(34)36-26-8-4-5-9-26/h1-3,6-7,10-15,23,26,28,30,35H,4-5,8-9,16-21H2,(H,31,33)/b15-14+/t28-/m0/s1. The number of hydrogen-bond acceptors (Lipinski definition) is 6. The number of ether oxygens (including phenoxy) is 1. The highest BCUT2D eigenvalue weighted by Gasteiger charge is 2.28. The highest BCUT2D eigenvalue weighted by molar-refractivity contribution is 5.90. The lowest BCUT2D eigenvalue weighted by Crippen LogP contribution is -2.39. The molecule has 2 aromatic rings. The fourth-order valence-corrected chi connectivity index (χ4v) is 5.06. The number of esters is 1. The Morgan fingerprint density at radius 2 is 1.69 bits per heavy atom. The van der Waals surface area contributed by atoms with Gasteiger partial charge in [0.25, 0.3) is 5.91 Å². The minimum absolute atomic E-state index is 0.0684. The number of rotatable bonds is 10. The van der Waals surface area contributed by atoms with Crippen molar-refractivity contribution in [1.82, 2.24) is 15.7 Å². The lowest BCUT2D eigenvalue weighted by atomic mass is 9.95. The molecular weight excluding hydrogens is 454 g/mol. The van der Waals surface area contributed by atoms with E-state index in [-0.39, 0.29) is 12.1 Å². The summed E-state index contributed by atoms with van der Waals surface area (Å²) in [5.41, 5.74) is 4.69. The summed E-state index contributed by atoms with van der Waals surface area (Å²) < 4.78 is 5.85. The van der Waals surface area contributed by atoms with Gasteiger partial charge in [-0.2, -0.15) is 0 Å². The molecule has 1 aliphatic heterocycles. The summed E-state index contributed by atoms with van der Waals surface area (Å²) in [5, 5.41) is 12.1. The first kappa shape index (κ1) is 26.1. The third-order valence-corrected chi connectivity index (χ3v) is 7.19. The van der Waals surface area contributed by atoms with Crippen LogP contribution in [0.25, 0.3) is 6.08 Å². The maximum Gasteiger partial charge on any atom is 0.328 e. The highest BCUT2D eigenvalue weighted by Crippen LogP contribution is 2.25. The summed E-state index contributed by atoms with van der Waals surface area (Å²) in [6.07, 6.45) is 9.45. The van der Waals surface area contributed by atoms with Crippen LogP contribution in [-0.2, 0) is 20.9 Å². The van der Waals surface area contributed by atoms with E-state index in [9.17, 15) is 9.59 Å². The van der Waals surface area contributed by atoms with E-state index in [1.54, 1.807) is 11.6 Å². The molecule has 0 unspecified atom stereocenters. The number of carbonyl (C=O) groups is 2. The van der Waals surface area contributed by atoms with Gasteiger partial charge in [-0.1, -0.05) is 54.6 Å². The van der Waals surface area contributed by atoms with E-state index in [0.717, 1.165) is 75.8 Å². The van der Waals surface area contributed by atoms with Gasteiger partial charge in [0.1, 0.15) is 12.1 Å². The van der Waals surface area contributed by atoms with E-state index in [4.69, 9.17) is 9.94 Å². The van der Waals surface area contributed by atoms with Crippen LogP contribution in [0.3, 0.4) is 0 Å². The Balaban J connectivity index is 1.24. The third-order valence-electron chi connectivity index (χ3n) is 7.19. The second-order valence-corrected chi connectivity index (χ2v) is 9.87. The van der Waals surface area contributed by atoms with Crippen LogP contribution in [0.4, 0.5) is 0 Å². The molecule has 2 fully saturated rings. The lowest BCUT2D eigenvalue weighted by molar-refractivity contribution is -0.151. The molecule has 7 nitrogen and oxygen atoms in total. The first-order chi connectivity index (χ1) is 17.6. The van der Waals surface area contributed by atoms with E-state index in [2.05, 4.69) is 22.3 Å². The molecule has 1 saturated carbocycles. The first-order valence-electron chi connectivity index (χ1n) is 13.0. The van der Waals surface area contributed by atoms with E-state index < -0.39 is 11.9 Å². The van der Waals surface area contributed by atoms with Gasteiger partial charge < -0.3 is 10.1 Å².